The SMILES string of the molecule is C[C@@H]1CN([C@H](C)CO)C(=O)Cc2cc(NC(=O)Cc3ccccc3)ccc2O[C@H]1CN(C)S(=O)(=O)c1ccc(F)cc1. The number of halogens is 1. The lowest BCUT2D eigenvalue weighted by Gasteiger charge is -2.33. The van der Waals surface area contributed by atoms with Gasteiger partial charge in [-0.25, -0.2) is 12.8 Å². The minimum Gasteiger partial charge on any atom is -0.488 e. The van der Waals surface area contributed by atoms with Crippen LogP contribution in [-0.4, -0.2) is 73.4 Å². The molecule has 0 aromatic heterocycles. The minimum absolute atomic E-state index is 0.0365. The van der Waals surface area contributed by atoms with Crippen molar-refractivity contribution in [2.24, 2.45) is 5.92 Å². The first kappa shape index (κ1) is 31.1. The van der Waals surface area contributed by atoms with Gasteiger partial charge in [0.05, 0.1) is 36.9 Å². The molecule has 3 aromatic rings. The average Bonchev–Trinajstić information content (AvgIpc) is 3.00. The molecule has 3 atom stereocenters. The van der Waals surface area contributed by atoms with Crippen LogP contribution >= 0.6 is 0 Å². The molecule has 0 fully saturated rings. The molecule has 0 spiro atoms. The Bertz CT molecular complexity index is 1500. The Kier molecular flexibility index (Phi) is 9.97. The second-order valence-corrected chi connectivity index (χ2v) is 12.7. The van der Waals surface area contributed by atoms with E-state index in [1.54, 1.807) is 30.0 Å². The number of aliphatic hydroxyl groups excluding tert-OH is 1. The van der Waals surface area contributed by atoms with Crippen LogP contribution in [0, 0.1) is 11.7 Å². The van der Waals surface area contributed by atoms with E-state index >= 15 is 0 Å². The Morgan fingerprint density at radius 3 is 2.50 bits per heavy atom. The summed E-state index contributed by atoms with van der Waals surface area (Å²) in [4.78, 5) is 27.7. The van der Waals surface area contributed by atoms with E-state index in [1.165, 1.54) is 19.2 Å². The van der Waals surface area contributed by atoms with Gasteiger partial charge in [-0.2, -0.15) is 4.31 Å². The summed E-state index contributed by atoms with van der Waals surface area (Å²) in [5.41, 5.74) is 1.88. The van der Waals surface area contributed by atoms with Gasteiger partial charge < -0.3 is 20.1 Å². The monoisotopic (exact) mass is 597 g/mol. The number of anilines is 1. The summed E-state index contributed by atoms with van der Waals surface area (Å²) in [5.74, 6) is -0.919. The van der Waals surface area contributed by atoms with E-state index in [-0.39, 0.29) is 55.2 Å². The Balaban J connectivity index is 1.62. The molecule has 2 N–H and O–H groups in total. The molecule has 3 aromatic carbocycles. The largest absolute Gasteiger partial charge is 0.488 e. The first-order chi connectivity index (χ1) is 20.0. The summed E-state index contributed by atoms with van der Waals surface area (Å²) in [5, 5.41) is 12.7. The molecule has 9 nitrogen and oxygen atoms in total. The first-order valence-corrected chi connectivity index (χ1v) is 15.2. The summed E-state index contributed by atoms with van der Waals surface area (Å²) in [6.45, 7) is 3.53. The van der Waals surface area contributed by atoms with Gasteiger partial charge in [-0.15, -0.1) is 0 Å². The third kappa shape index (κ3) is 7.53. The molecular weight excluding hydrogens is 561 g/mol. The van der Waals surface area contributed by atoms with E-state index in [9.17, 15) is 27.5 Å². The molecule has 0 aliphatic carbocycles. The smallest absolute Gasteiger partial charge is 0.242 e. The number of ether oxygens (including phenoxy) is 1. The molecule has 1 heterocycles. The number of amides is 2. The highest BCUT2D eigenvalue weighted by molar-refractivity contribution is 7.89. The Morgan fingerprint density at radius 1 is 1.14 bits per heavy atom. The van der Waals surface area contributed by atoms with Gasteiger partial charge in [0.1, 0.15) is 17.7 Å². The number of carbonyl (C=O) groups excluding carboxylic acids is 2. The summed E-state index contributed by atoms with van der Waals surface area (Å²) >= 11 is 0. The number of aliphatic hydroxyl groups is 1. The summed E-state index contributed by atoms with van der Waals surface area (Å²) < 4.78 is 47.5. The number of hydrogen-bond donors (Lipinski definition) is 2. The molecule has 1 aliphatic heterocycles. The van der Waals surface area contributed by atoms with Crippen LogP contribution in [0.1, 0.15) is 25.0 Å². The van der Waals surface area contributed by atoms with Crippen molar-refractivity contribution in [3.05, 3.63) is 89.7 Å². The van der Waals surface area contributed by atoms with Gasteiger partial charge in [0.25, 0.3) is 0 Å². The fourth-order valence-corrected chi connectivity index (χ4v) is 6.03. The molecule has 0 unspecified atom stereocenters. The molecule has 0 saturated heterocycles. The maximum absolute atomic E-state index is 13.4. The maximum atomic E-state index is 13.4. The third-order valence-corrected chi connectivity index (χ3v) is 9.20. The normalized spacial score (nSPS) is 18.3. The number of benzene rings is 3. The number of nitrogens with one attached hydrogen (secondary N) is 1. The van der Waals surface area contributed by atoms with E-state index in [1.807, 2.05) is 37.3 Å². The first-order valence-electron chi connectivity index (χ1n) is 13.7. The van der Waals surface area contributed by atoms with Crippen molar-refractivity contribution in [1.29, 1.82) is 0 Å². The van der Waals surface area contributed by atoms with Crippen LogP contribution in [0.5, 0.6) is 5.75 Å². The zero-order valence-electron chi connectivity index (χ0n) is 23.9. The van der Waals surface area contributed by atoms with Crippen LogP contribution in [0.3, 0.4) is 0 Å². The molecular formula is C31H36FN3O6S. The van der Waals surface area contributed by atoms with Gasteiger partial charge in [0, 0.05) is 30.8 Å². The van der Waals surface area contributed by atoms with Gasteiger partial charge in [-0.1, -0.05) is 37.3 Å². The zero-order chi connectivity index (χ0) is 30.4. The van der Waals surface area contributed by atoms with Crippen LogP contribution < -0.4 is 10.1 Å². The van der Waals surface area contributed by atoms with Gasteiger partial charge >= 0.3 is 0 Å². The lowest BCUT2D eigenvalue weighted by molar-refractivity contribution is -0.134. The van der Waals surface area contributed by atoms with Crippen LogP contribution in [0.2, 0.25) is 0 Å². The molecule has 2 amide bonds. The second kappa shape index (κ2) is 13.5. The lowest BCUT2D eigenvalue weighted by Crippen LogP contribution is -2.48. The fraction of sp³-hybridized carbons (Fsp3) is 0.355. The van der Waals surface area contributed by atoms with Gasteiger partial charge in [-0.05, 0) is 55.0 Å². The van der Waals surface area contributed by atoms with Crippen molar-refractivity contribution >= 4 is 27.5 Å². The average molecular weight is 598 g/mol. The summed E-state index contributed by atoms with van der Waals surface area (Å²) in [7, 11) is -2.54. The van der Waals surface area contributed by atoms with Crippen LogP contribution in [0.4, 0.5) is 10.1 Å². The van der Waals surface area contributed by atoms with E-state index in [4.69, 9.17) is 4.74 Å². The number of carbonyl (C=O) groups is 2. The summed E-state index contributed by atoms with van der Waals surface area (Å²) in [6, 6.07) is 18.5. The minimum atomic E-state index is -3.96. The molecule has 42 heavy (non-hydrogen) atoms. The van der Waals surface area contributed by atoms with Crippen LogP contribution in [0.25, 0.3) is 0 Å². The van der Waals surface area contributed by atoms with E-state index in [0.29, 0.717) is 17.0 Å². The predicted octanol–water partition coefficient (Wildman–Crippen LogP) is 3.48. The standard InChI is InChI=1S/C31H36FN3O6S/c1-21-18-35(22(2)20-36)31(38)17-24-16-26(33-30(37)15-23-7-5-4-6-8-23)11-14-28(24)41-29(21)19-34(3)42(39,40)27-12-9-25(32)10-13-27/h4-14,16,21-22,29,36H,15,17-20H2,1-3H3,(H,33,37)/t21-,22-,29+/m1/s1. The molecule has 224 valence electrons. The third-order valence-electron chi connectivity index (χ3n) is 7.37. The molecule has 0 bridgehead atoms. The topological polar surface area (TPSA) is 116 Å². The number of sulfonamides is 1. The van der Waals surface area contributed by atoms with Crippen molar-refractivity contribution in [2.45, 2.75) is 43.7 Å². The number of hydrogen-bond acceptors (Lipinski definition) is 6. The number of likely N-dealkylation sites (N-methyl/N-ethyl adjacent to an activating group) is 1. The van der Waals surface area contributed by atoms with Gasteiger partial charge in [0.2, 0.25) is 21.8 Å². The highest BCUT2D eigenvalue weighted by Gasteiger charge is 2.33. The molecule has 0 saturated carbocycles. The van der Waals surface area contributed by atoms with Crippen LogP contribution in [-0.2, 0) is 32.5 Å². The van der Waals surface area contributed by atoms with Gasteiger partial charge in [-0.3, -0.25) is 9.59 Å². The van der Waals surface area contributed by atoms with Crippen molar-refractivity contribution in [2.75, 3.05) is 32.1 Å². The van der Waals surface area contributed by atoms with Crippen LogP contribution in [0.15, 0.2) is 77.7 Å². The highest BCUT2D eigenvalue weighted by atomic mass is 32.2. The quantitative estimate of drug-likeness (QED) is 0.390. The van der Waals surface area contributed by atoms with Crippen molar-refractivity contribution in [1.82, 2.24) is 9.21 Å². The number of nitrogens with zero attached hydrogens (tertiary/aromatic N) is 2. The predicted molar refractivity (Wildman–Crippen MR) is 157 cm³/mol. The molecule has 0 radical (unpaired) electrons. The number of rotatable bonds is 9. The Labute approximate surface area is 246 Å². The van der Waals surface area contributed by atoms with Crippen molar-refractivity contribution in [3.63, 3.8) is 0 Å². The maximum Gasteiger partial charge on any atom is 0.242 e. The molecule has 11 heteroatoms. The van der Waals surface area contributed by atoms with E-state index in [2.05, 4.69) is 5.32 Å². The Morgan fingerprint density at radius 2 is 1.83 bits per heavy atom. The van der Waals surface area contributed by atoms with Crippen molar-refractivity contribution in [3.8, 4) is 5.75 Å². The number of fused-ring (bicyclic) bond motifs is 1. The van der Waals surface area contributed by atoms with E-state index in [0.717, 1.165) is 22.0 Å². The molecule has 1 aliphatic rings. The molecule has 4 rings (SSSR count). The van der Waals surface area contributed by atoms with Crippen molar-refractivity contribution < 1.29 is 32.2 Å². The Hall–Kier alpha value is -3.80. The highest BCUT2D eigenvalue weighted by Crippen LogP contribution is 2.30. The van der Waals surface area contributed by atoms with E-state index < -0.39 is 28.0 Å². The lowest BCUT2D eigenvalue weighted by atomic mass is 10.0. The summed E-state index contributed by atoms with van der Waals surface area (Å²) in [6.07, 6.45) is -0.531. The zero-order valence-corrected chi connectivity index (χ0v) is 24.7. The second-order valence-electron chi connectivity index (χ2n) is 10.7. The van der Waals surface area contributed by atoms with Gasteiger partial charge in [0.15, 0.2) is 0 Å². The fourth-order valence-electron chi connectivity index (χ4n) is 4.85.